The topological polar surface area (TPSA) is 255 Å². The summed E-state index contributed by atoms with van der Waals surface area (Å²) in [6.07, 6.45) is 79.7. The zero-order chi connectivity index (χ0) is 79.1. The summed E-state index contributed by atoms with van der Waals surface area (Å²) in [5.41, 5.74) is -0.292. The van der Waals surface area contributed by atoms with Crippen molar-refractivity contribution in [1.82, 2.24) is 0 Å². The zero-order valence-corrected chi connectivity index (χ0v) is 71.6. The van der Waals surface area contributed by atoms with Crippen LogP contribution in [0.1, 0.15) is 481 Å². The minimum absolute atomic E-state index is 0.125. The Morgan fingerprint density at radius 2 is 0.565 bits per heavy atom. The number of hydrogen-bond acceptors (Lipinski definition) is 15. The molecule has 20 nitrogen and oxygen atoms in total. The van der Waals surface area contributed by atoms with Crippen molar-refractivity contribution >= 4 is 29.5 Å². The van der Waals surface area contributed by atoms with E-state index in [-0.39, 0.29) is 52.2 Å². The van der Waals surface area contributed by atoms with Crippen LogP contribution < -0.4 is 0 Å². The number of rotatable bonds is 67. The van der Waals surface area contributed by atoms with Gasteiger partial charge in [0.2, 0.25) is 30.5 Å². The number of carbonyl (C=O) groups is 5. The van der Waals surface area contributed by atoms with Crippen LogP contribution in [0.5, 0.6) is 0 Å². The molecule has 0 bridgehead atoms. The third-order valence-corrected chi connectivity index (χ3v) is 22.9. The maximum atomic E-state index is 11.7. The Morgan fingerprint density at radius 1 is 0.287 bits per heavy atom. The van der Waals surface area contributed by atoms with Crippen molar-refractivity contribution in [3.63, 3.8) is 0 Å². The fraction of sp³-hybridized carbons (Fsp3) is 0.943. The molecule has 8 unspecified atom stereocenters. The average Bonchev–Trinajstić information content (AvgIpc) is 1.65. The fourth-order valence-corrected chi connectivity index (χ4v) is 14.9. The molecule has 0 spiro atoms. The van der Waals surface area contributed by atoms with Crippen LogP contribution in [0.25, 0.3) is 0 Å². The molecule has 5 rings (SSSR count). The van der Waals surface area contributed by atoms with Gasteiger partial charge in [-0.25, -0.2) is 0 Å². The molecule has 5 aliphatic heterocycles. The Kier molecular flexibility index (Phi) is 67.0. The second-order valence-electron chi connectivity index (χ2n) is 33.3. The number of unbranched alkanes of at least 4 members (excludes halogenated alkanes) is 51. The molecule has 0 aromatic carbocycles. The van der Waals surface area contributed by atoms with Gasteiger partial charge in [-0.05, 0) is 51.4 Å². The van der Waals surface area contributed by atoms with Crippen molar-refractivity contribution in [3.8, 4) is 0 Å². The lowest BCUT2D eigenvalue weighted by Gasteiger charge is -2.30. The van der Waals surface area contributed by atoms with Gasteiger partial charge in [0.15, 0.2) is 0 Å². The summed E-state index contributed by atoms with van der Waals surface area (Å²) < 4.78 is 0. The Balaban J connectivity index is 0.000000675. The molecule has 108 heavy (non-hydrogen) atoms. The molecule has 0 aromatic heterocycles. The first-order valence-electron chi connectivity index (χ1n) is 45.6. The van der Waals surface area contributed by atoms with Gasteiger partial charge in [0, 0.05) is 49.1 Å². The molecule has 0 fully saturated rings. The van der Waals surface area contributed by atoms with Crippen molar-refractivity contribution in [2.45, 2.75) is 511 Å². The minimum Gasteiger partial charge on any atom is -0.366 e. The molecular weight excluding hydrogens is 1360 g/mol. The third kappa shape index (κ3) is 53.3. The van der Waals surface area contributed by atoms with Crippen LogP contribution in [0, 0.1) is 22.7 Å². The van der Waals surface area contributed by atoms with Crippen molar-refractivity contribution in [1.29, 1.82) is 0 Å². The van der Waals surface area contributed by atoms with E-state index < -0.39 is 30.5 Å². The van der Waals surface area contributed by atoms with E-state index in [2.05, 4.69) is 128 Å². The minimum atomic E-state index is -0.476. The molecule has 0 aliphatic carbocycles. The van der Waals surface area contributed by atoms with Gasteiger partial charge in [-0.3, -0.25) is 24.0 Å². The van der Waals surface area contributed by atoms with Gasteiger partial charge in [0.25, 0.3) is 0 Å². The van der Waals surface area contributed by atoms with E-state index in [9.17, 15) is 24.0 Å². The summed E-state index contributed by atoms with van der Waals surface area (Å²) in [4.78, 5) is 82.4. The molecule has 0 saturated heterocycles. The lowest BCUT2D eigenvalue weighted by molar-refractivity contribution is -0.131. The Labute approximate surface area is 660 Å². The largest absolute Gasteiger partial charge is 0.366 e. The highest BCUT2D eigenvalue weighted by molar-refractivity contribution is 5.84. The Bertz CT molecular complexity index is 2320. The molecule has 8 atom stereocenters. The van der Waals surface area contributed by atoms with Gasteiger partial charge in [-0.1, -0.05) is 455 Å². The van der Waals surface area contributed by atoms with Gasteiger partial charge in [-0.2, -0.15) is 0 Å². The van der Waals surface area contributed by atoms with Gasteiger partial charge >= 0.3 is 29.5 Å². The second kappa shape index (κ2) is 71.4. The van der Waals surface area contributed by atoms with E-state index >= 15 is 0 Å². The molecule has 628 valence electrons. The normalized spacial score (nSPS) is 18.6. The smallest absolute Gasteiger partial charge is 0.311 e. The maximum Gasteiger partial charge on any atom is 0.311 e. The van der Waals surface area contributed by atoms with Crippen LogP contribution in [-0.4, -0.2) is 60.1 Å². The van der Waals surface area contributed by atoms with Crippen molar-refractivity contribution in [2.24, 2.45) is 74.6 Å². The maximum absolute atomic E-state index is 11.7. The van der Waals surface area contributed by atoms with Crippen LogP contribution in [0.2, 0.25) is 0 Å². The van der Waals surface area contributed by atoms with E-state index in [1.807, 2.05) is 0 Å². The van der Waals surface area contributed by atoms with E-state index in [1.165, 1.54) is 340 Å². The van der Waals surface area contributed by atoms with Crippen molar-refractivity contribution in [3.05, 3.63) is 0 Å². The highest BCUT2D eigenvalue weighted by Gasteiger charge is 2.43. The second-order valence-corrected chi connectivity index (χ2v) is 33.3. The average molecular weight is 1520 g/mol. The first-order valence-corrected chi connectivity index (χ1v) is 45.6. The zero-order valence-electron chi connectivity index (χ0n) is 71.6. The van der Waals surface area contributed by atoms with Crippen LogP contribution >= 0.6 is 0 Å². The molecule has 0 saturated carbocycles. The molecule has 0 N–H and O–H groups in total. The molecule has 20 heteroatoms. The number of carbonyl (C=O) groups excluding carboxylic acids is 5. The molecule has 0 radical (unpaired) electrons. The predicted octanol–water partition coefficient (Wildman–Crippen LogP) is 29.4. The molecule has 5 amide bonds. The number of amides is 5. The standard InChI is InChI=1S/C19H36N2O2.2C18H34N2O2.C17H32N2O2.C16H30N2O2/c1-4-6-7-8-9-10-11-12-13-14-15-16-19(3,5-2)17-18(22)20-21-23-17;1-4-5-6-7-8-9-10-11-12-13-14-15-18(2,3)16-17(21)19-20-22-16;1-3-5-6-7-8-9-10-11-12-13-14-15-16(4-2)17-18(21)19-20-22-17;1-3-4-5-6-7-8-9-10-11-12-13-14-15(2)16-17(20)18-19-21-16;1-2-3-4-5-6-7-8-9-10-11-12-13-14-15-16(19)17-18-20-15/h17H,4-16H2,1-3H3;16H,4-15H2,1-3H3;16-17H,3-15H2,1-2H3;15-16H,3-14H2,1-2H3;15H,2-14H2,1H3. The number of hydrogen-bond donors (Lipinski definition) is 0. The third-order valence-electron chi connectivity index (χ3n) is 22.9. The van der Waals surface area contributed by atoms with Crippen molar-refractivity contribution in [2.75, 3.05) is 0 Å². The van der Waals surface area contributed by atoms with Crippen LogP contribution in [-0.2, 0) is 48.2 Å². The van der Waals surface area contributed by atoms with Gasteiger partial charge < -0.3 is 24.2 Å². The number of nitrogens with zero attached hydrogens (tertiary/aromatic N) is 10. The van der Waals surface area contributed by atoms with Gasteiger partial charge in [-0.15, -0.1) is 0 Å². The first kappa shape index (κ1) is 101. The van der Waals surface area contributed by atoms with Crippen LogP contribution in [0.4, 0.5) is 0 Å². The predicted molar refractivity (Wildman–Crippen MR) is 439 cm³/mol. The fourth-order valence-electron chi connectivity index (χ4n) is 14.9. The molecular formula is C88H166N10O10. The van der Waals surface area contributed by atoms with E-state index in [0.717, 1.165) is 64.2 Å². The van der Waals surface area contributed by atoms with Crippen LogP contribution in [0.15, 0.2) is 52.0 Å². The van der Waals surface area contributed by atoms with Gasteiger partial charge in [0.1, 0.15) is 0 Å². The summed E-state index contributed by atoms with van der Waals surface area (Å²) in [5, 5.41) is 34.0. The highest BCUT2D eigenvalue weighted by Crippen LogP contribution is 2.38. The summed E-state index contributed by atoms with van der Waals surface area (Å²) >= 11 is 0. The summed E-state index contributed by atoms with van der Waals surface area (Å²) in [6.45, 7) is 23.9. The van der Waals surface area contributed by atoms with Crippen molar-refractivity contribution < 1.29 is 48.2 Å². The summed E-state index contributed by atoms with van der Waals surface area (Å²) in [6, 6.07) is 0. The highest BCUT2D eigenvalue weighted by atomic mass is 16.7. The lowest BCUT2D eigenvalue weighted by Crippen LogP contribution is -2.36. The quantitative estimate of drug-likeness (QED) is 0.0520. The van der Waals surface area contributed by atoms with E-state index in [4.69, 9.17) is 24.2 Å². The SMILES string of the molecule is CCCCCCCCCCCCCC(C)(C)C1ON=NC1=O.CCCCCCCCCCCCCC(C)(CC)C1ON=NC1=O.CCCCCCCCCCCCCC(C)C1ON=NC1=O.CCCCCCCCCCCCCC(CC)C1ON=NC1=O.CCCCCCCCCCCCCCC1ON=NC1=O. The first-order chi connectivity index (χ1) is 52.6. The van der Waals surface area contributed by atoms with E-state index in [1.54, 1.807) is 0 Å². The molecule has 0 aromatic rings. The van der Waals surface area contributed by atoms with Gasteiger partial charge in [0.05, 0.1) is 0 Å². The Hall–Kier alpha value is -4.65. The lowest BCUT2D eigenvalue weighted by atomic mass is 9.76. The molecule has 5 heterocycles. The summed E-state index contributed by atoms with van der Waals surface area (Å²) in [5.74, 6) is -0.564. The van der Waals surface area contributed by atoms with Crippen LogP contribution in [0.3, 0.4) is 0 Å². The summed E-state index contributed by atoms with van der Waals surface area (Å²) in [7, 11) is 0. The Morgan fingerprint density at radius 3 is 0.870 bits per heavy atom. The monoisotopic (exact) mass is 1520 g/mol. The van der Waals surface area contributed by atoms with E-state index in [0.29, 0.717) is 0 Å². The molecule has 5 aliphatic rings.